The summed E-state index contributed by atoms with van der Waals surface area (Å²) in [4.78, 5) is 11.6. The summed E-state index contributed by atoms with van der Waals surface area (Å²) in [6.07, 6.45) is -0.134. The van der Waals surface area contributed by atoms with E-state index in [-0.39, 0.29) is 17.9 Å². The predicted molar refractivity (Wildman–Crippen MR) is 58.8 cm³/mol. The first-order valence-corrected chi connectivity index (χ1v) is 5.54. The molecule has 0 aliphatic rings. The monoisotopic (exact) mass is 296 g/mol. The summed E-state index contributed by atoms with van der Waals surface area (Å²) >= 11 is 8.03. The van der Waals surface area contributed by atoms with Crippen molar-refractivity contribution < 1.29 is 13.6 Å². The van der Waals surface area contributed by atoms with Crippen LogP contribution in [0.25, 0.3) is 0 Å². The van der Waals surface area contributed by atoms with Crippen molar-refractivity contribution in [1.29, 1.82) is 0 Å². The quantitative estimate of drug-likeness (QED) is 0.612. The normalized spacial score (nSPS) is 14.7. The number of benzene rings is 1. The van der Waals surface area contributed by atoms with Crippen LogP contribution in [0.15, 0.2) is 24.3 Å². The number of hydrogen-bond acceptors (Lipinski definition) is 1. The highest BCUT2D eigenvalue weighted by Crippen LogP contribution is 2.29. The molecule has 0 bridgehead atoms. The maximum Gasteiger partial charge on any atom is 0.228 e. The van der Waals surface area contributed by atoms with Crippen LogP contribution in [0.5, 0.6) is 0 Å². The largest absolute Gasteiger partial charge is 0.290 e. The van der Waals surface area contributed by atoms with Gasteiger partial charge in [-0.05, 0) is 40.2 Å². The van der Waals surface area contributed by atoms with Gasteiger partial charge in [-0.2, -0.15) is 0 Å². The van der Waals surface area contributed by atoms with Crippen molar-refractivity contribution in [1.82, 2.24) is 0 Å². The highest BCUT2D eigenvalue weighted by molar-refractivity contribution is 9.10. The minimum atomic E-state index is -2.17. The van der Waals surface area contributed by atoms with E-state index in [0.29, 0.717) is 0 Å². The van der Waals surface area contributed by atoms with Gasteiger partial charge in [-0.3, -0.25) is 4.79 Å². The molecule has 0 N–H and O–H groups in total. The lowest BCUT2D eigenvalue weighted by atomic mass is 10.1. The third-order valence-electron chi connectivity index (χ3n) is 1.85. The minimum absolute atomic E-state index is 0.0225. The molecule has 15 heavy (non-hydrogen) atoms. The molecule has 1 nitrogen and oxygen atoms in total. The molecule has 1 aromatic rings. The van der Waals surface area contributed by atoms with Crippen LogP contribution in [0.1, 0.15) is 16.8 Å². The number of halogens is 4. The molecule has 0 saturated heterocycles. The number of carbonyl (C=O) groups is 1. The van der Waals surface area contributed by atoms with Crippen molar-refractivity contribution in [3.8, 4) is 0 Å². The molecule has 1 rings (SSSR count). The molecule has 0 fully saturated rings. The molecule has 0 unspecified atom stereocenters. The lowest BCUT2D eigenvalue weighted by Crippen LogP contribution is -2.27. The van der Waals surface area contributed by atoms with Crippen molar-refractivity contribution in [3.05, 3.63) is 35.6 Å². The molecule has 82 valence electrons. The van der Waals surface area contributed by atoms with E-state index in [4.69, 9.17) is 11.6 Å². The number of Topliss-reactive ketones (excluding diaryl/α,β-unsaturated/α-hetero) is 1. The second-order valence-corrected chi connectivity index (χ2v) is 4.61. The molecule has 0 aromatic heterocycles. The van der Waals surface area contributed by atoms with Gasteiger partial charge in [0, 0.05) is 17.9 Å². The fourth-order valence-corrected chi connectivity index (χ4v) is 1.96. The van der Waals surface area contributed by atoms with E-state index >= 15 is 0 Å². The Morgan fingerprint density at radius 3 is 2.40 bits per heavy atom. The third-order valence-corrected chi connectivity index (χ3v) is 2.79. The van der Waals surface area contributed by atoms with Gasteiger partial charge in [-0.1, -0.05) is 0 Å². The van der Waals surface area contributed by atoms with E-state index < -0.39 is 16.2 Å². The van der Waals surface area contributed by atoms with E-state index in [1.807, 2.05) is 0 Å². The van der Waals surface area contributed by atoms with Gasteiger partial charge in [0.15, 0.2) is 0 Å². The average Bonchev–Trinajstić information content (AvgIpc) is 2.18. The molecule has 1 atom stereocenters. The molecule has 0 saturated carbocycles. The number of alkyl halides is 3. The van der Waals surface area contributed by atoms with Gasteiger partial charge in [0.2, 0.25) is 10.4 Å². The Kier molecular flexibility index (Phi) is 4.22. The van der Waals surface area contributed by atoms with E-state index in [2.05, 4.69) is 15.9 Å². The average molecular weight is 298 g/mol. The molecule has 0 heterocycles. The lowest BCUT2D eigenvalue weighted by molar-refractivity contribution is 0.0844. The summed E-state index contributed by atoms with van der Waals surface area (Å²) in [5.41, 5.74) is 0.112. The fourth-order valence-electron chi connectivity index (χ4n) is 1.04. The van der Waals surface area contributed by atoms with Gasteiger partial charge in [0.25, 0.3) is 0 Å². The Bertz CT molecular complexity index is 351. The molecule has 0 radical (unpaired) electrons. The first-order chi connectivity index (χ1) is 6.97. The van der Waals surface area contributed by atoms with Gasteiger partial charge in [-0.25, -0.2) is 8.78 Å². The Morgan fingerprint density at radius 1 is 1.40 bits per heavy atom. The van der Waals surface area contributed by atoms with Crippen molar-refractivity contribution in [2.24, 2.45) is 0 Å². The van der Waals surface area contributed by atoms with Gasteiger partial charge in [0.1, 0.15) is 5.82 Å². The standard InChI is InChI=1S/C10H8BrClF2O/c11-10(14,5-6-12)9(15)7-1-3-8(13)4-2-7/h1-4H,5-6H2/t10-/m1/s1. The molecule has 0 amide bonds. The summed E-state index contributed by atoms with van der Waals surface area (Å²) < 4.78 is 24.0. The van der Waals surface area contributed by atoms with E-state index in [1.54, 1.807) is 0 Å². The lowest BCUT2D eigenvalue weighted by Gasteiger charge is -2.15. The maximum atomic E-state index is 13.7. The second kappa shape index (κ2) is 5.03. The Hall–Kier alpha value is -0.480. The molecule has 0 aliphatic carbocycles. The number of ketones is 1. The molecule has 0 aliphatic heterocycles. The van der Waals surface area contributed by atoms with Crippen molar-refractivity contribution in [3.63, 3.8) is 0 Å². The molecule has 0 spiro atoms. The summed E-state index contributed by atoms with van der Waals surface area (Å²) in [5.74, 6) is -1.19. The van der Waals surface area contributed by atoms with Gasteiger partial charge < -0.3 is 0 Å². The van der Waals surface area contributed by atoms with Crippen LogP contribution >= 0.6 is 27.5 Å². The highest BCUT2D eigenvalue weighted by Gasteiger charge is 2.35. The third kappa shape index (κ3) is 3.24. The second-order valence-electron chi connectivity index (χ2n) is 2.98. The summed E-state index contributed by atoms with van der Waals surface area (Å²) in [6, 6.07) is 4.69. The van der Waals surface area contributed by atoms with Crippen LogP contribution in [0, 0.1) is 5.82 Å². The van der Waals surface area contributed by atoms with Gasteiger partial charge in [0.05, 0.1) is 0 Å². The zero-order chi connectivity index (χ0) is 11.5. The fraction of sp³-hybridized carbons (Fsp3) is 0.300. The smallest absolute Gasteiger partial charge is 0.228 e. The van der Waals surface area contributed by atoms with Gasteiger partial charge in [-0.15, -0.1) is 11.6 Å². The van der Waals surface area contributed by atoms with E-state index in [0.717, 1.165) is 12.1 Å². The van der Waals surface area contributed by atoms with Crippen LogP contribution in [-0.2, 0) is 0 Å². The van der Waals surface area contributed by atoms with Crippen LogP contribution in [0.4, 0.5) is 8.78 Å². The van der Waals surface area contributed by atoms with Crippen molar-refractivity contribution in [2.45, 2.75) is 11.0 Å². The molecular formula is C10H8BrClF2O. The van der Waals surface area contributed by atoms with Gasteiger partial charge >= 0.3 is 0 Å². The minimum Gasteiger partial charge on any atom is -0.290 e. The van der Waals surface area contributed by atoms with E-state index in [9.17, 15) is 13.6 Å². The van der Waals surface area contributed by atoms with Crippen LogP contribution in [0.2, 0.25) is 0 Å². The van der Waals surface area contributed by atoms with Crippen molar-refractivity contribution >= 4 is 33.3 Å². The first kappa shape index (κ1) is 12.6. The van der Waals surface area contributed by atoms with Crippen LogP contribution in [-0.4, -0.2) is 16.2 Å². The SMILES string of the molecule is O=C(c1ccc(F)cc1)[C@@](F)(Br)CCCl. The predicted octanol–water partition coefficient (Wildman–Crippen LogP) is 3.70. The molecular weight excluding hydrogens is 289 g/mol. The molecule has 5 heteroatoms. The van der Waals surface area contributed by atoms with Crippen LogP contribution < -0.4 is 0 Å². The highest BCUT2D eigenvalue weighted by atomic mass is 79.9. The summed E-state index contributed by atoms with van der Waals surface area (Å²) in [6.45, 7) is 0. The number of carbonyl (C=O) groups excluding carboxylic acids is 1. The Morgan fingerprint density at radius 2 is 1.93 bits per heavy atom. The van der Waals surface area contributed by atoms with Crippen molar-refractivity contribution in [2.75, 3.05) is 5.88 Å². The zero-order valence-electron chi connectivity index (χ0n) is 7.64. The van der Waals surface area contributed by atoms with Crippen LogP contribution in [0.3, 0.4) is 0 Å². The number of rotatable bonds is 4. The maximum absolute atomic E-state index is 13.7. The summed E-state index contributed by atoms with van der Waals surface area (Å²) in [7, 11) is 0. The zero-order valence-corrected chi connectivity index (χ0v) is 9.99. The Balaban J connectivity index is 2.89. The number of hydrogen-bond donors (Lipinski definition) is 0. The topological polar surface area (TPSA) is 17.1 Å². The Labute approximate surface area is 99.6 Å². The molecule has 1 aromatic carbocycles. The van der Waals surface area contributed by atoms with E-state index in [1.165, 1.54) is 12.1 Å². The first-order valence-electron chi connectivity index (χ1n) is 4.21. The summed E-state index contributed by atoms with van der Waals surface area (Å²) in [5, 5.41) is 0.